The van der Waals surface area contributed by atoms with Crippen LogP contribution in [-0.2, 0) is 11.0 Å². The third-order valence-corrected chi connectivity index (χ3v) is 6.72. The number of nitrogens with zero attached hydrogens (tertiary/aromatic N) is 3. The van der Waals surface area contributed by atoms with Gasteiger partial charge in [-0.1, -0.05) is 25.4 Å². The molecule has 0 aromatic carbocycles. The second-order valence-electron chi connectivity index (χ2n) is 8.86. The number of carbonyl (C=O) groups is 1. The van der Waals surface area contributed by atoms with Gasteiger partial charge < -0.3 is 19.6 Å². The molecule has 1 saturated carbocycles. The number of pyridine rings is 1. The predicted molar refractivity (Wildman–Crippen MR) is 110 cm³/mol. The van der Waals surface area contributed by atoms with Crippen LogP contribution < -0.4 is 10.9 Å². The molecule has 1 amide bonds. The number of hydrogen-bond donors (Lipinski definition) is 2. The summed E-state index contributed by atoms with van der Waals surface area (Å²) in [5.74, 6) is -0.294. The summed E-state index contributed by atoms with van der Waals surface area (Å²) in [6.07, 6.45) is 0.601. The molecule has 2 aromatic heterocycles. The van der Waals surface area contributed by atoms with Crippen LogP contribution in [0, 0.1) is 11.3 Å². The van der Waals surface area contributed by atoms with Crippen LogP contribution in [0.15, 0.2) is 21.3 Å². The van der Waals surface area contributed by atoms with E-state index in [1.807, 2.05) is 18.7 Å². The lowest BCUT2D eigenvalue weighted by Gasteiger charge is -2.35. The summed E-state index contributed by atoms with van der Waals surface area (Å²) in [5.41, 5.74) is -1.89. The van der Waals surface area contributed by atoms with E-state index in [-0.39, 0.29) is 29.3 Å². The van der Waals surface area contributed by atoms with Crippen molar-refractivity contribution in [1.82, 2.24) is 20.1 Å². The Hall–Kier alpha value is -2.85. The number of likely N-dealkylation sites (tertiary alicyclic amines) is 1. The molecule has 0 bridgehead atoms. The van der Waals surface area contributed by atoms with Gasteiger partial charge in [0.2, 0.25) is 5.91 Å². The highest BCUT2D eigenvalue weighted by Crippen LogP contribution is 2.53. The van der Waals surface area contributed by atoms with Gasteiger partial charge in [-0.15, -0.1) is 5.10 Å². The number of halogens is 3. The molecule has 1 saturated heterocycles. The van der Waals surface area contributed by atoms with Crippen molar-refractivity contribution in [3.05, 3.63) is 28.2 Å². The van der Waals surface area contributed by atoms with Crippen molar-refractivity contribution < 1.29 is 22.4 Å². The molecule has 0 radical (unpaired) electrons. The lowest BCUT2D eigenvalue weighted by molar-refractivity contribution is -0.141. The highest BCUT2D eigenvalue weighted by molar-refractivity contribution is 5.84. The number of rotatable bonds is 6. The molecule has 2 atom stereocenters. The molecule has 4 rings (SSSR count). The average Bonchev–Trinajstić information content (AvgIpc) is 3.34. The quantitative estimate of drug-likeness (QED) is 0.692. The maximum atomic E-state index is 13.2. The van der Waals surface area contributed by atoms with E-state index in [0.717, 1.165) is 44.5 Å². The van der Waals surface area contributed by atoms with E-state index in [2.05, 4.69) is 15.5 Å². The zero-order chi connectivity index (χ0) is 23.1. The zero-order valence-electron chi connectivity index (χ0n) is 18.0. The van der Waals surface area contributed by atoms with Gasteiger partial charge in [-0.05, 0) is 49.1 Å². The van der Waals surface area contributed by atoms with Crippen LogP contribution in [0.25, 0.3) is 11.5 Å². The molecular formula is C21H26F3N5O3. The summed E-state index contributed by atoms with van der Waals surface area (Å²) < 4.78 is 43.8. The van der Waals surface area contributed by atoms with Crippen LogP contribution in [-0.4, -0.2) is 45.1 Å². The van der Waals surface area contributed by atoms with Crippen molar-refractivity contribution >= 4 is 11.9 Å². The Morgan fingerprint density at radius 1 is 1.25 bits per heavy atom. The molecule has 2 aliphatic rings. The predicted octanol–water partition coefficient (Wildman–Crippen LogP) is 3.67. The summed E-state index contributed by atoms with van der Waals surface area (Å²) in [5, 5.41) is 10.6. The molecule has 2 aromatic rings. The highest BCUT2D eigenvalue weighted by Gasteiger charge is 2.46. The molecule has 11 heteroatoms. The smallest absolute Gasteiger partial charge is 0.403 e. The fourth-order valence-corrected chi connectivity index (χ4v) is 4.09. The number of anilines is 1. The first-order valence-corrected chi connectivity index (χ1v) is 10.8. The van der Waals surface area contributed by atoms with E-state index in [1.165, 1.54) is 12.8 Å². The molecule has 1 unspecified atom stereocenters. The van der Waals surface area contributed by atoms with Gasteiger partial charge in [-0.3, -0.25) is 9.59 Å². The summed E-state index contributed by atoms with van der Waals surface area (Å²) in [7, 11) is 0. The third-order valence-electron chi connectivity index (χ3n) is 6.72. The Morgan fingerprint density at radius 2 is 1.94 bits per heavy atom. The Morgan fingerprint density at radius 3 is 2.50 bits per heavy atom. The molecule has 3 heterocycles. The minimum atomic E-state index is -4.67. The number of alkyl halides is 3. The van der Waals surface area contributed by atoms with E-state index in [4.69, 9.17) is 4.42 Å². The molecule has 2 N–H and O–H groups in total. The largest absolute Gasteiger partial charge is 0.431 e. The van der Waals surface area contributed by atoms with Crippen molar-refractivity contribution in [3.8, 4) is 11.5 Å². The molecule has 2 fully saturated rings. The molecule has 1 spiro atoms. The Kier molecular flexibility index (Phi) is 5.76. The minimum absolute atomic E-state index is 0.0240. The van der Waals surface area contributed by atoms with Crippen LogP contribution in [0.1, 0.15) is 51.6 Å². The lowest BCUT2D eigenvalue weighted by atomic mass is 9.92. The number of aromatic nitrogens is 3. The standard InChI is InChI=1S/C21H26F3N5O3/c1-3-12(2)15(18(31)29-10-8-20(6-7-20)9-11-29)26-19-28-27-17(32-19)13-4-5-14(21(22,23)24)25-16(13)30/h4-5,12,15H,3,6-11H2,1-2H3,(H,25,30)(H,26,28)/t12?,15-/m1/s1. The van der Waals surface area contributed by atoms with Gasteiger partial charge in [0.15, 0.2) is 0 Å². The fraction of sp³-hybridized carbons (Fsp3) is 0.619. The van der Waals surface area contributed by atoms with Crippen molar-refractivity contribution in [2.24, 2.45) is 11.3 Å². The van der Waals surface area contributed by atoms with Crippen LogP contribution >= 0.6 is 0 Å². The van der Waals surface area contributed by atoms with Crippen molar-refractivity contribution in [2.75, 3.05) is 18.4 Å². The van der Waals surface area contributed by atoms with Crippen LogP contribution in [0.4, 0.5) is 19.2 Å². The second-order valence-corrected chi connectivity index (χ2v) is 8.86. The van der Waals surface area contributed by atoms with Gasteiger partial charge in [0.1, 0.15) is 17.3 Å². The van der Waals surface area contributed by atoms with E-state index in [0.29, 0.717) is 5.41 Å². The SMILES string of the molecule is CCC(C)[C@@H](Nc1nnc(-c2ccc(C(F)(F)F)[nH]c2=O)o1)C(=O)N1CCC2(CC1)CC2. The van der Waals surface area contributed by atoms with Crippen LogP contribution in [0.3, 0.4) is 0 Å². The Labute approximate surface area is 182 Å². The number of hydrogen-bond acceptors (Lipinski definition) is 6. The molecule has 1 aliphatic heterocycles. The first-order chi connectivity index (χ1) is 15.1. The number of amides is 1. The lowest BCUT2D eigenvalue weighted by Crippen LogP contribution is -2.49. The van der Waals surface area contributed by atoms with Crippen molar-refractivity contribution in [1.29, 1.82) is 0 Å². The van der Waals surface area contributed by atoms with Gasteiger partial charge in [0.05, 0.1) is 0 Å². The van der Waals surface area contributed by atoms with E-state index in [9.17, 15) is 22.8 Å². The highest BCUT2D eigenvalue weighted by atomic mass is 19.4. The minimum Gasteiger partial charge on any atom is -0.403 e. The summed E-state index contributed by atoms with van der Waals surface area (Å²) in [6.45, 7) is 5.37. The van der Waals surface area contributed by atoms with E-state index >= 15 is 0 Å². The number of aromatic amines is 1. The number of piperidine rings is 1. The second kappa shape index (κ2) is 8.25. The number of carbonyl (C=O) groups excluding carboxylic acids is 1. The molecule has 174 valence electrons. The van der Waals surface area contributed by atoms with Gasteiger partial charge in [0, 0.05) is 13.1 Å². The maximum absolute atomic E-state index is 13.2. The first kappa shape index (κ1) is 22.3. The van der Waals surface area contributed by atoms with Gasteiger partial charge in [-0.2, -0.15) is 13.2 Å². The Balaban J connectivity index is 1.49. The number of H-pyrrole nitrogens is 1. The monoisotopic (exact) mass is 453 g/mol. The van der Waals surface area contributed by atoms with E-state index in [1.54, 1.807) is 4.98 Å². The molecular weight excluding hydrogens is 427 g/mol. The van der Waals surface area contributed by atoms with Crippen LogP contribution in [0.5, 0.6) is 0 Å². The maximum Gasteiger partial charge on any atom is 0.431 e. The summed E-state index contributed by atoms with van der Waals surface area (Å²) in [4.78, 5) is 28.9. The van der Waals surface area contributed by atoms with Crippen molar-refractivity contribution in [3.63, 3.8) is 0 Å². The van der Waals surface area contributed by atoms with Gasteiger partial charge in [-0.25, -0.2) is 0 Å². The average molecular weight is 453 g/mol. The van der Waals surface area contributed by atoms with Gasteiger partial charge >= 0.3 is 12.2 Å². The van der Waals surface area contributed by atoms with Crippen LogP contribution in [0.2, 0.25) is 0 Å². The zero-order valence-corrected chi connectivity index (χ0v) is 18.0. The topological polar surface area (TPSA) is 104 Å². The Bertz CT molecular complexity index is 1030. The molecule has 8 nitrogen and oxygen atoms in total. The molecule has 32 heavy (non-hydrogen) atoms. The normalized spacial score (nSPS) is 19.6. The molecule has 1 aliphatic carbocycles. The summed E-state index contributed by atoms with van der Waals surface area (Å²) >= 11 is 0. The fourth-order valence-electron chi connectivity index (χ4n) is 4.09. The van der Waals surface area contributed by atoms with Gasteiger partial charge in [0.25, 0.3) is 11.4 Å². The first-order valence-electron chi connectivity index (χ1n) is 10.8. The third kappa shape index (κ3) is 4.51. The van der Waals surface area contributed by atoms with E-state index < -0.39 is 23.5 Å². The summed E-state index contributed by atoms with van der Waals surface area (Å²) in [6, 6.07) is 1.07. The number of nitrogens with one attached hydrogen (secondary N) is 2. The van der Waals surface area contributed by atoms with Crippen molar-refractivity contribution in [2.45, 2.75) is 58.2 Å².